The Morgan fingerprint density at radius 3 is 2.88 bits per heavy atom. The third-order valence-electron chi connectivity index (χ3n) is 3.77. The van der Waals surface area contributed by atoms with Gasteiger partial charge < -0.3 is 5.32 Å². The van der Waals surface area contributed by atoms with E-state index in [2.05, 4.69) is 27.1 Å². The zero-order valence-electron chi connectivity index (χ0n) is 9.48. The van der Waals surface area contributed by atoms with Gasteiger partial charge in [-0.1, -0.05) is 12.8 Å². The van der Waals surface area contributed by atoms with Crippen molar-refractivity contribution in [1.82, 2.24) is 5.32 Å². The van der Waals surface area contributed by atoms with E-state index in [9.17, 15) is 0 Å². The van der Waals surface area contributed by atoms with Gasteiger partial charge in [-0.05, 0) is 41.1 Å². The highest BCUT2D eigenvalue weighted by Gasteiger charge is 2.31. The van der Waals surface area contributed by atoms with Crippen LogP contribution in [0.5, 0.6) is 0 Å². The van der Waals surface area contributed by atoms with Gasteiger partial charge in [-0.2, -0.15) is 11.3 Å². The second kappa shape index (κ2) is 4.58. The van der Waals surface area contributed by atoms with Gasteiger partial charge >= 0.3 is 0 Å². The molecule has 1 aromatic rings. The van der Waals surface area contributed by atoms with Crippen molar-refractivity contribution in [2.24, 2.45) is 10.9 Å². The molecule has 16 heavy (non-hydrogen) atoms. The van der Waals surface area contributed by atoms with Crippen molar-refractivity contribution in [2.45, 2.75) is 31.6 Å². The maximum absolute atomic E-state index is 4.65. The van der Waals surface area contributed by atoms with Crippen LogP contribution in [0.2, 0.25) is 0 Å². The molecule has 2 nitrogen and oxygen atoms in total. The topological polar surface area (TPSA) is 24.4 Å². The number of hydrogen-bond donors (Lipinski definition) is 1. The van der Waals surface area contributed by atoms with Crippen LogP contribution < -0.4 is 5.32 Å². The fourth-order valence-electron chi connectivity index (χ4n) is 3.02. The number of hydrogen-bond acceptors (Lipinski definition) is 3. The van der Waals surface area contributed by atoms with Crippen molar-refractivity contribution in [1.29, 1.82) is 0 Å². The van der Waals surface area contributed by atoms with Gasteiger partial charge in [-0.15, -0.1) is 0 Å². The van der Waals surface area contributed by atoms with Crippen LogP contribution in [0.1, 0.15) is 37.2 Å². The molecule has 1 N–H and O–H groups in total. The third kappa shape index (κ3) is 1.88. The van der Waals surface area contributed by atoms with E-state index in [0.29, 0.717) is 5.92 Å². The highest BCUT2D eigenvalue weighted by Crippen LogP contribution is 2.38. The van der Waals surface area contributed by atoms with Gasteiger partial charge in [-0.3, -0.25) is 4.99 Å². The Morgan fingerprint density at radius 1 is 1.38 bits per heavy atom. The Morgan fingerprint density at radius 2 is 2.25 bits per heavy atom. The summed E-state index contributed by atoms with van der Waals surface area (Å²) >= 11 is 1.80. The van der Waals surface area contributed by atoms with E-state index in [0.717, 1.165) is 19.0 Å². The van der Waals surface area contributed by atoms with Gasteiger partial charge in [-0.25, -0.2) is 0 Å². The fraction of sp³-hybridized carbons (Fsp3) is 0.615. The summed E-state index contributed by atoms with van der Waals surface area (Å²) in [7, 11) is 0. The fourth-order valence-corrected chi connectivity index (χ4v) is 3.72. The van der Waals surface area contributed by atoms with Crippen molar-refractivity contribution in [3.8, 4) is 0 Å². The van der Waals surface area contributed by atoms with Crippen LogP contribution in [0.4, 0.5) is 0 Å². The molecule has 3 rings (SSSR count). The Labute approximate surface area is 101 Å². The molecule has 1 saturated carbocycles. The monoisotopic (exact) mass is 234 g/mol. The minimum absolute atomic E-state index is 0.552. The Bertz CT molecular complexity index is 363. The quantitative estimate of drug-likeness (QED) is 0.854. The second-order valence-corrected chi connectivity index (χ2v) is 5.55. The lowest BCUT2D eigenvalue weighted by molar-refractivity contribution is 0.508. The highest BCUT2D eigenvalue weighted by molar-refractivity contribution is 7.08. The number of rotatable bonds is 3. The molecule has 0 amide bonds. The molecule has 1 unspecified atom stereocenters. The summed E-state index contributed by atoms with van der Waals surface area (Å²) < 4.78 is 0. The number of nitrogens with one attached hydrogen (secondary N) is 1. The van der Waals surface area contributed by atoms with Gasteiger partial charge in [0.25, 0.3) is 0 Å². The molecule has 1 aliphatic heterocycles. The molecule has 0 bridgehead atoms. The molecule has 1 fully saturated rings. The molecule has 0 saturated heterocycles. The van der Waals surface area contributed by atoms with Gasteiger partial charge in [0.05, 0.1) is 6.54 Å². The lowest BCUT2D eigenvalue weighted by Crippen LogP contribution is -2.29. The SMILES string of the molecule is c1cc(C(C2=NCCN2)C2CCCC2)cs1. The van der Waals surface area contributed by atoms with E-state index in [1.807, 2.05) is 0 Å². The third-order valence-corrected chi connectivity index (χ3v) is 4.47. The maximum Gasteiger partial charge on any atom is 0.104 e. The summed E-state index contributed by atoms with van der Waals surface area (Å²) in [6.45, 7) is 1.99. The zero-order chi connectivity index (χ0) is 10.8. The van der Waals surface area contributed by atoms with Crippen molar-refractivity contribution in [2.75, 3.05) is 13.1 Å². The highest BCUT2D eigenvalue weighted by atomic mass is 32.1. The molecule has 0 spiro atoms. The summed E-state index contributed by atoms with van der Waals surface area (Å²) in [5.74, 6) is 2.63. The predicted molar refractivity (Wildman–Crippen MR) is 69.3 cm³/mol. The van der Waals surface area contributed by atoms with Crippen LogP contribution in [-0.4, -0.2) is 18.9 Å². The number of thiophene rings is 1. The first kappa shape index (κ1) is 10.3. The molecular weight excluding hydrogens is 216 g/mol. The number of aliphatic imine (C=N–C) groups is 1. The summed E-state index contributed by atoms with van der Waals surface area (Å²) in [6.07, 6.45) is 5.56. The molecule has 0 radical (unpaired) electrons. The van der Waals surface area contributed by atoms with Crippen LogP contribution in [0.25, 0.3) is 0 Å². The van der Waals surface area contributed by atoms with E-state index < -0.39 is 0 Å². The maximum atomic E-state index is 4.65. The molecule has 86 valence electrons. The molecule has 1 aromatic heterocycles. The summed E-state index contributed by atoms with van der Waals surface area (Å²) in [6, 6.07) is 2.27. The van der Waals surface area contributed by atoms with Gasteiger partial charge in [0, 0.05) is 12.5 Å². The van der Waals surface area contributed by atoms with E-state index in [-0.39, 0.29) is 0 Å². The number of nitrogens with zero attached hydrogens (tertiary/aromatic N) is 1. The molecular formula is C13H18N2S. The Hall–Kier alpha value is -0.830. The van der Waals surface area contributed by atoms with Gasteiger partial charge in [0.15, 0.2) is 0 Å². The predicted octanol–water partition coefficient (Wildman–Crippen LogP) is 3.02. The first-order valence-electron chi connectivity index (χ1n) is 6.25. The number of amidine groups is 1. The minimum atomic E-state index is 0.552. The molecule has 1 aliphatic carbocycles. The van der Waals surface area contributed by atoms with E-state index in [1.54, 1.807) is 11.3 Å². The average Bonchev–Trinajstić information content (AvgIpc) is 3.02. The van der Waals surface area contributed by atoms with E-state index >= 15 is 0 Å². The standard InChI is InChI=1S/C13H18N2S/c1-2-4-10(3-1)12(11-5-8-16-9-11)13-14-6-7-15-13/h5,8-10,12H,1-4,6-7H2,(H,14,15). The summed E-state index contributed by atoms with van der Waals surface area (Å²) in [5, 5.41) is 7.96. The normalized spacial score (nSPS) is 23.1. The lowest BCUT2D eigenvalue weighted by atomic mass is 9.85. The van der Waals surface area contributed by atoms with Crippen LogP contribution in [0, 0.1) is 5.92 Å². The zero-order valence-corrected chi connectivity index (χ0v) is 10.3. The van der Waals surface area contributed by atoms with Crippen LogP contribution >= 0.6 is 11.3 Å². The van der Waals surface area contributed by atoms with Crippen molar-refractivity contribution in [3.05, 3.63) is 22.4 Å². The smallest absolute Gasteiger partial charge is 0.104 e. The Kier molecular flexibility index (Phi) is 2.96. The molecule has 1 atom stereocenters. The second-order valence-electron chi connectivity index (χ2n) is 4.77. The van der Waals surface area contributed by atoms with Crippen molar-refractivity contribution < 1.29 is 0 Å². The lowest BCUT2D eigenvalue weighted by Gasteiger charge is -2.23. The van der Waals surface area contributed by atoms with E-state index in [4.69, 9.17) is 0 Å². The Balaban J connectivity index is 1.87. The minimum Gasteiger partial charge on any atom is -0.371 e. The largest absolute Gasteiger partial charge is 0.371 e. The summed E-state index contributed by atoms with van der Waals surface area (Å²) in [5.41, 5.74) is 1.48. The van der Waals surface area contributed by atoms with E-state index in [1.165, 1.54) is 37.1 Å². The van der Waals surface area contributed by atoms with Gasteiger partial charge in [0.2, 0.25) is 0 Å². The van der Waals surface area contributed by atoms with Gasteiger partial charge in [0.1, 0.15) is 5.84 Å². The van der Waals surface area contributed by atoms with Crippen LogP contribution in [0.3, 0.4) is 0 Å². The molecule has 3 heteroatoms. The first-order chi connectivity index (χ1) is 7.95. The van der Waals surface area contributed by atoms with Crippen LogP contribution in [-0.2, 0) is 0 Å². The van der Waals surface area contributed by atoms with Crippen LogP contribution in [0.15, 0.2) is 21.8 Å². The first-order valence-corrected chi connectivity index (χ1v) is 7.20. The molecule has 2 heterocycles. The molecule has 2 aliphatic rings. The van der Waals surface area contributed by atoms with Crippen molar-refractivity contribution in [3.63, 3.8) is 0 Å². The average molecular weight is 234 g/mol. The molecule has 0 aromatic carbocycles. The van der Waals surface area contributed by atoms with Crippen molar-refractivity contribution >= 4 is 17.2 Å². The summed E-state index contributed by atoms with van der Waals surface area (Å²) in [4.78, 5) is 4.65.